The number of thiophene rings is 1. The van der Waals surface area contributed by atoms with E-state index >= 15 is 0 Å². The molecule has 0 saturated carbocycles. The zero-order chi connectivity index (χ0) is 19.5. The minimum atomic E-state index is 1.22. The van der Waals surface area contributed by atoms with E-state index in [2.05, 4.69) is 73.7 Å². The fourth-order valence-corrected chi connectivity index (χ4v) is 6.86. The molecule has 3 aromatic carbocycles. The molecule has 0 bridgehead atoms. The zero-order valence-electron chi connectivity index (χ0n) is 17.3. The van der Waals surface area contributed by atoms with Crippen molar-refractivity contribution in [3.8, 4) is 44.5 Å². The number of hydrogen-bond acceptors (Lipinski definition) is 1. The second-order valence-electron chi connectivity index (χ2n) is 8.52. The first-order chi connectivity index (χ1) is 14.3. The molecule has 0 fully saturated rings. The van der Waals surface area contributed by atoms with E-state index in [9.17, 15) is 0 Å². The molecule has 0 spiro atoms. The highest BCUT2D eigenvalue weighted by molar-refractivity contribution is 7.13. The molecule has 0 nitrogen and oxygen atoms in total. The highest BCUT2D eigenvalue weighted by Gasteiger charge is 2.32. The Kier molecular flexibility index (Phi) is 3.96. The topological polar surface area (TPSA) is 0 Å². The lowest BCUT2D eigenvalue weighted by atomic mass is 9.97. The SMILES string of the molecule is CCCCc1sc(CCCC)c2c1-c1ccc3c4c(ccc-2c14)-c1ccccc1-3. The number of unbranched alkanes of at least 4 members (excludes halogenated alkanes) is 2. The van der Waals surface area contributed by atoms with Crippen LogP contribution in [0.2, 0.25) is 0 Å². The molecule has 0 amide bonds. The van der Waals surface area contributed by atoms with E-state index in [1.165, 1.54) is 82.7 Å². The van der Waals surface area contributed by atoms with E-state index in [1.54, 1.807) is 20.9 Å². The van der Waals surface area contributed by atoms with Crippen LogP contribution in [0.5, 0.6) is 0 Å². The Morgan fingerprint density at radius 1 is 0.552 bits per heavy atom. The Morgan fingerprint density at radius 2 is 1.00 bits per heavy atom. The Balaban J connectivity index is 1.64. The second-order valence-corrected chi connectivity index (χ2v) is 9.71. The molecule has 0 N–H and O–H groups in total. The number of fused-ring (bicyclic) bond motifs is 6. The van der Waals surface area contributed by atoms with Crippen LogP contribution in [-0.4, -0.2) is 0 Å². The van der Waals surface area contributed by atoms with E-state index in [0.717, 1.165) is 0 Å². The van der Waals surface area contributed by atoms with Gasteiger partial charge in [-0.1, -0.05) is 75.2 Å². The quantitative estimate of drug-likeness (QED) is 0.264. The highest BCUT2D eigenvalue weighted by atomic mass is 32.1. The molecule has 6 rings (SSSR count). The lowest BCUT2D eigenvalue weighted by Gasteiger charge is -2.08. The summed E-state index contributed by atoms with van der Waals surface area (Å²) in [6, 6.07) is 18.5. The van der Waals surface area contributed by atoms with Gasteiger partial charge in [0, 0.05) is 20.9 Å². The van der Waals surface area contributed by atoms with E-state index in [-0.39, 0.29) is 0 Å². The van der Waals surface area contributed by atoms with Crippen LogP contribution in [0.1, 0.15) is 49.3 Å². The monoisotopic (exact) mass is 394 g/mol. The van der Waals surface area contributed by atoms with Crippen molar-refractivity contribution in [3.05, 3.63) is 58.3 Å². The maximum Gasteiger partial charge on any atom is 0.0133 e. The maximum absolute atomic E-state index is 2.42. The molecule has 0 aliphatic heterocycles. The van der Waals surface area contributed by atoms with Crippen LogP contribution in [-0.2, 0) is 12.8 Å². The van der Waals surface area contributed by atoms with Crippen molar-refractivity contribution in [2.45, 2.75) is 52.4 Å². The van der Waals surface area contributed by atoms with Crippen LogP contribution in [0.3, 0.4) is 0 Å². The summed E-state index contributed by atoms with van der Waals surface area (Å²) in [6.07, 6.45) is 7.54. The van der Waals surface area contributed by atoms with Gasteiger partial charge in [-0.15, -0.1) is 11.3 Å². The first kappa shape index (κ1) is 17.5. The first-order valence-corrected chi connectivity index (χ1v) is 12.0. The standard InChI is InChI=1S/C28H26S/c1-3-5-11-23-27-21-15-13-19-17-9-7-8-10-18(17)20-14-16-22(26(21)25(19)20)28(27)24(29-23)12-6-4-2/h7-10,13-16H,3-6,11-12H2,1-2H3. The molecular weight excluding hydrogens is 368 g/mol. The van der Waals surface area contributed by atoms with Crippen LogP contribution in [0.15, 0.2) is 48.5 Å². The van der Waals surface area contributed by atoms with Gasteiger partial charge in [-0.3, -0.25) is 0 Å². The van der Waals surface area contributed by atoms with Gasteiger partial charge in [0.15, 0.2) is 0 Å². The molecule has 29 heavy (non-hydrogen) atoms. The molecule has 0 radical (unpaired) electrons. The Hall–Kier alpha value is -2.38. The lowest BCUT2D eigenvalue weighted by molar-refractivity contribution is 0.804. The predicted octanol–water partition coefficient (Wildman–Crippen LogP) is 8.88. The summed E-state index contributed by atoms with van der Waals surface area (Å²) < 4.78 is 0. The molecule has 0 saturated heterocycles. The van der Waals surface area contributed by atoms with Crippen molar-refractivity contribution in [2.75, 3.05) is 0 Å². The van der Waals surface area contributed by atoms with Gasteiger partial charge in [0.05, 0.1) is 0 Å². The van der Waals surface area contributed by atoms with Gasteiger partial charge >= 0.3 is 0 Å². The third-order valence-electron chi connectivity index (χ3n) is 6.78. The molecule has 0 atom stereocenters. The van der Waals surface area contributed by atoms with Crippen LogP contribution in [0.4, 0.5) is 0 Å². The van der Waals surface area contributed by atoms with Crippen molar-refractivity contribution in [2.24, 2.45) is 0 Å². The van der Waals surface area contributed by atoms with E-state index < -0.39 is 0 Å². The summed E-state index contributed by atoms with van der Waals surface area (Å²) in [4.78, 5) is 3.24. The van der Waals surface area contributed by atoms with Crippen molar-refractivity contribution in [1.82, 2.24) is 0 Å². The van der Waals surface area contributed by atoms with E-state index in [1.807, 2.05) is 0 Å². The molecular formula is C28H26S. The maximum atomic E-state index is 2.42. The van der Waals surface area contributed by atoms with Crippen LogP contribution in [0.25, 0.3) is 55.3 Å². The first-order valence-electron chi connectivity index (χ1n) is 11.2. The molecule has 1 heterocycles. The second kappa shape index (κ2) is 6.57. The average molecular weight is 395 g/mol. The van der Waals surface area contributed by atoms with Crippen LogP contribution >= 0.6 is 11.3 Å². The van der Waals surface area contributed by atoms with Gasteiger partial charge in [0.1, 0.15) is 0 Å². The minimum Gasteiger partial charge on any atom is -0.144 e. The van der Waals surface area contributed by atoms with Gasteiger partial charge in [-0.05, 0) is 69.8 Å². The molecule has 1 aromatic heterocycles. The summed E-state index contributed by atoms with van der Waals surface area (Å²) in [7, 11) is 0. The normalized spacial score (nSPS) is 12.6. The third-order valence-corrected chi connectivity index (χ3v) is 8.08. The number of aryl methyl sites for hydroxylation is 2. The van der Waals surface area contributed by atoms with E-state index in [0.29, 0.717) is 0 Å². The smallest absolute Gasteiger partial charge is 0.0133 e. The fraction of sp³-hybridized carbons (Fsp3) is 0.286. The number of benzene rings is 3. The predicted molar refractivity (Wildman–Crippen MR) is 128 cm³/mol. The molecule has 2 aliphatic carbocycles. The Labute approximate surface area is 177 Å². The summed E-state index contributed by atoms with van der Waals surface area (Å²) in [5, 5.41) is 3.01. The summed E-state index contributed by atoms with van der Waals surface area (Å²) >= 11 is 2.10. The van der Waals surface area contributed by atoms with Crippen LogP contribution < -0.4 is 0 Å². The van der Waals surface area contributed by atoms with Crippen molar-refractivity contribution >= 4 is 22.1 Å². The Morgan fingerprint density at radius 3 is 1.48 bits per heavy atom. The summed E-state index contributed by atoms with van der Waals surface area (Å²) in [5.41, 5.74) is 11.8. The van der Waals surface area contributed by atoms with Gasteiger partial charge < -0.3 is 0 Å². The van der Waals surface area contributed by atoms with Crippen molar-refractivity contribution in [3.63, 3.8) is 0 Å². The van der Waals surface area contributed by atoms with Gasteiger partial charge in [0.2, 0.25) is 0 Å². The minimum absolute atomic E-state index is 1.22. The van der Waals surface area contributed by atoms with Gasteiger partial charge in [-0.25, -0.2) is 0 Å². The summed E-state index contributed by atoms with van der Waals surface area (Å²) in [6.45, 7) is 4.61. The van der Waals surface area contributed by atoms with Crippen molar-refractivity contribution in [1.29, 1.82) is 0 Å². The molecule has 1 heteroatoms. The largest absolute Gasteiger partial charge is 0.144 e. The molecule has 0 unspecified atom stereocenters. The van der Waals surface area contributed by atoms with Gasteiger partial charge in [0.25, 0.3) is 0 Å². The lowest BCUT2D eigenvalue weighted by Crippen LogP contribution is -1.84. The average Bonchev–Trinajstić information content (AvgIpc) is 3.38. The highest BCUT2D eigenvalue weighted by Crippen LogP contribution is 2.59. The molecule has 2 aliphatic rings. The molecule has 4 aromatic rings. The van der Waals surface area contributed by atoms with Gasteiger partial charge in [-0.2, -0.15) is 0 Å². The Bertz CT molecular complexity index is 1180. The molecule has 144 valence electrons. The van der Waals surface area contributed by atoms with E-state index in [4.69, 9.17) is 0 Å². The third kappa shape index (κ3) is 2.31. The number of rotatable bonds is 6. The number of hydrogen-bond donors (Lipinski definition) is 0. The van der Waals surface area contributed by atoms with Crippen molar-refractivity contribution < 1.29 is 0 Å². The summed E-state index contributed by atoms with van der Waals surface area (Å²) in [5.74, 6) is 0. The fourth-order valence-electron chi connectivity index (χ4n) is 5.44. The van der Waals surface area contributed by atoms with Crippen LogP contribution in [0, 0.1) is 0 Å². The zero-order valence-corrected chi connectivity index (χ0v) is 18.1.